The monoisotopic (exact) mass is 239 g/mol. The predicted octanol–water partition coefficient (Wildman–Crippen LogP) is 1.58. The van der Waals surface area contributed by atoms with E-state index in [2.05, 4.69) is 30.0 Å². The van der Waals surface area contributed by atoms with Gasteiger partial charge in [-0.3, -0.25) is 4.68 Å². The Morgan fingerprint density at radius 3 is 2.71 bits per heavy atom. The third kappa shape index (κ3) is 4.88. The van der Waals surface area contributed by atoms with Crippen LogP contribution in [0.15, 0.2) is 6.07 Å². The van der Waals surface area contributed by atoms with E-state index in [-0.39, 0.29) is 0 Å². The van der Waals surface area contributed by atoms with Gasteiger partial charge in [0, 0.05) is 20.2 Å². The molecule has 0 amide bonds. The summed E-state index contributed by atoms with van der Waals surface area (Å²) in [5, 5.41) is 13.2. The van der Waals surface area contributed by atoms with Crippen LogP contribution in [0.1, 0.15) is 37.6 Å². The minimum absolute atomic E-state index is 0.311. The number of aromatic nitrogens is 2. The molecule has 0 saturated carbocycles. The van der Waals surface area contributed by atoms with Crippen LogP contribution in [0.3, 0.4) is 0 Å². The Bertz CT molecular complexity index is 322. The van der Waals surface area contributed by atoms with Crippen LogP contribution in [0, 0.1) is 0 Å². The third-order valence-electron chi connectivity index (χ3n) is 3.02. The van der Waals surface area contributed by atoms with Crippen LogP contribution in [-0.2, 0) is 20.0 Å². The van der Waals surface area contributed by atoms with E-state index >= 15 is 0 Å². The molecule has 0 aliphatic rings. The highest BCUT2D eigenvalue weighted by Gasteiger charge is 2.06. The molecule has 0 aromatic carbocycles. The number of unbranched alkanes of at least 4 members (excludes halogenated alkanes) is 2. The van der Waals surface area contributed by atoms with Crippen molar-refractivity contribution in [2.75, 3.05) is 20.2 Å². The molecule has 1 aromatic heterocycles. The zero-order valence-corrected chi connectivity index (χ0v) is 11.3. The Hall–Kier alpha value is -0.870. The molecule has 0 bridgehead atoms. The summed E-state index contributed by atoms with van der Waals surface area (Å²) in [6.45, 7) is 4.46. The average molecular weight is 239 g/mol. The van der Waals surface area contributed by atoms with Crippen molar-refractivity contribution in [3.8, 4) is 0 Å². The van der Waals surface area contributed by atoms with Gasteiger partial charge < -0.3 is 10.0 Å². The van der Waals surface area contributed by atoms with Gasteiger partial charge in [0.1, 0.15) is 0 Å². The minimum Gasteiger partial charge on any atom is -0.396 e. The molecule has 1 N–H and O–H groups in total. The second kappa shape index (κ2) is 7.45. The molecule has 4 nitrogen and oxygen atoms in total. The Balaban J connectivity index is 2.34. The molecule has 98 valence electrons. The van der Waals surface area contributed by atoms with Crippen molar-refractivity contribution in [3.63, 3.8) is 0 Å². The number of nitrogens with zero attached hydrogens (tertiary/aromatic N) is 3. The summed E-state index contributed by atoms with van der Waals surface area (Å²) in [5.41, 5.74) is 2.43. The van der Waals surface area contributed by atoms with Gasteiger partial charge in [0.05, 0.1) is 11.4 Å². The molecule has 0 unspecified atom stereocenters. The van der Waals surface area contributed by atoms with E-state index in [0.29, 0.717) is 6.61 Å². The van der Waals surface area contributed by atoms with E-state index in [9.17, 15) is 0 Å². The first-order valence-electron chi connectivity index (χ1n) is 6.48. The molecule has 0 radical (unpaired) electrons. The van der Waals surface area contributed by atoms with Crippen molar-refractivity contribution >= 4 is 0 Å². The van der Waals surface area contributed by atoms with Crippen LogP contribution in [-0.4, -0.2) is 40.0 Å². The maximum Gasteiger partial charge on any atom is 0.0625 e. The molecule has 1 heterocycles. The van der Waals surface area contributed by atoms with Gasteiger partial charge in [0.15, 0.2) is 0 Å². The first-order chi connectivity index (χ1) is 8.17. The van der Waals surface area contributed by atoms with Gasteiger partial charge in [0.2, 0.25) is 0 Å². The lowest BCUT2D eigenvalue weighted by molar-refractivity contribution is 0.269. The SMILES string of the molecule is CCc1cc(CN(C)CCCCCO)n(C)n1. The normalized spacial score (nSPS) is 11.4. The molecule has 1 aromatic rings. The highest BCUT2D eigenvalue weighted by molar-refractivity contribution is 5.09. The molecule has 0 aliphatic heterocycles. The Morgan fingerprint density at radius 1 is 1.35 bits per heavy atom. The predicted molar refractivity (Wildman–Crippen MR) is 69.9 cm³/mol. The van der Waals surface area contributed by atoms with Crippen LogP contribution in [0.25, 0.3) is 0 Å². The van der Waals surface area contributed by atoms with E-state index in [1.54, 1.807) is 0 Å². The average Bonchev–Trinajstić information content (AvgIpc) is 2.66. The molecular weight excluding hydrogens is 214 g/mol. The van der Waals surface area contributed by atoms with Gasteiger partial charge >= 0.3 is 0 Å². The van der Waals surface area contributed by atoms with Crippen molar-refractivity contribution in [2.45, 2.75) is 39.2 Å². The number of aryl methyl sites for hydroxylation is 2. The number of hydrogen-bond acceptors (Lipinski definition) is 3. The van der Waals surface area contributed by atoms with Crippen molar-refractivity contribution in [2.24, 2.45) is 7.05 Å². The van der Waals surface area contributed by atoms with Crippen molar-refractivity contribution in [3.05, 3.63) is 17.5 Å². The highest BCUT2D eigenvalue weighted by atomic mass is 16.2. The summed E-state index contributed by atoms with van der Waals surface area (Å²) < 4.78 is 1.98. The molecule has 0 saturated heterocycles. The number of aliphatic hydroxyl groups excluding tert-OH is 1. The number of hydrogen-bond donors (Lipinski definition) is 1. The van der Waals surface area contributed by atoms with Crippen molar-refractivity contribution < 1.29 is 5.11 Å². The van der Waals surface area contributed by atoms with Crippen LogP contribution >= 0.6 is 0 Å². The maximum absolute atomic E-state index is 8.71. The van der Waals surface area contributed by atoms with Gasteiger partial charge in [-0.1, -0.05) is 6.92 Å². The summed E-state index contributed by atoms with van der Waals surface area (Å²) in [6, 6.07) is 2.18. The zero-order chi connectivity index (χ0) is 12.7. The second-order valence-electron chi connectivity index (χ2n) is 4.63. The maximum atomic E-state index is 8.71. The second-order valence-corrected chi connectivity index (χ2v) is 4.63. The van der Waals surface area contributed by atoms with Gasteiger partial charge in [-0.25, -0.2) is 0 Å². The summed E-state index contributed by atoms with van der Waals surface area (Å²) in [4.78, 5) is 2.31. The first-order valence-corrected chi connectivity index (χ1v) is 6.48. The van der Waals surface area contributed by atoms with E-state index < -0.39 is 0 Å². The first kappa shape index (κ1) is 14.2. The fourth-order valence-electron chi connectivity index (χ4n) is 1.92. The molecule has 0 fully saturated rings. The zero-order valence-electron chi connectivity index (χ0n) is 11.3. The van der Waals surface area contributed by atoms with E-state index in [1.807, 2.05) is 11.7 Å². The lowest BCUT2D eigenvalue weighted by atomic mass is 10.2. The Kier molecular flexibility index (Phi) is 6.22. The minimum atomic E-state index is 0.311. The van der Waals surface area contributed by atoms with Crippen molar-refractivity contribution in [1.82, 2.24) is 14.7 Å². The van der Waals surface area contributed by atoms with Crippen LogP contribution in [0.4, 0.5) is 0 Å². The van der Waals surface area contributed by atoms with Gasteiger partial charge in [-0.2, -0.15) is 5.10 Å². The van der Waals surface area contributed by atoms with Crippen LogP contribution in [0.2, 0.25) is 0 Å². The van der Waals surface area contributed by atoms with Gasteiger partial charge in [-0.05, 0) is 45.3 Å². The van der Waals surface area contributed by atoms with E-state index in [4.69, 9.17) is 5.11 Å². The molecular formula is C13H25N3O. The summed E-state index contributed by atoms with van der Waals surface area (Å²) in [7, 11) is 4.14. The third-order valence-corrected chi connectivity index (χ3v) is 3.02. The summed E-state index contributed by atoms with van der Waals surface area (Å²) >= 11 is 0. The molecule has 0 spiro atoms. The Labute approximate surface area is 104 Å². The molecule has 1 rings (SSSR count). The van der Waals surface area contributed by atoms with E-state index in [1.165, 1.54) is 5.69 Å². The largest absolute Gasteiger partial charge is 0.396 e. The molecule has 17 heavy (non-hydrogen) atoms. The fourth-order valence-corrected chi connectivity index (χ4v) is 1.92. The fraction of sp³-hybridized carbons (Fsp3) is 0.769. The Morgan fingerprint density at radius 2 is 2.12 bits per heavy atom. The van der Waals surface area contributed by atoms with Gasteiger partial charge in [-0.15, -0.1) is 0 Å². The molecule has 4 heteroatoms. The number of rotatable bonds is 8. The van der Waals surface area contributed by atoms with Gasteiger partial charge in [0.25, 0.3) is 0 Å². The lowest BCUT2D eigenvalue weighted by Crippen LogP contribution is -2.20. The van der Waals surface area contributed by atoms with Crippen LogP contribution < -0.4 is 0 Å². The van der Waals surface area contributed by atoms with Crippen molar-refractivity contribution in [1.29, 1.82) is 0 Å². The lowest BCUT2D eigenvalue weighted by Gasteiger charge is -2.16. The summed E-state index contributed by atoms with van der Waals surface area (Å²) in [5.74, 6) is 0. The van der Waals surface area contributed by atoms with E-state index in [0.717, 1.165) is 44.5 Å². The topological polar surface area (TPSA) is 41.3 Å². The smallest absolute Gasteiger partial charge is 0.0625 e. The standard InChI is InChI=1S/C13H25N3O/c1-4-12-10-13(16(3)14-12)11-15(2)8-6-5-7-9-17/h10,17H,4-9,11H2,1-3H3. The summed E-state index contributed by atoms with van der Waals surface area (Å²) in [6.07, 6.45) is 4.16. The highest BCUT2D eigenvalue weighted by Crippen LogP contribution is 2.07. The molecule has 0 aliphatic carbocycles. The van der Waals surface area contributed by atoms with Crippen LogP contribution in [0.5, 0.6) is 0 Å². The molecule has 0 atom stereocenters. The number of aliphatic hydroxyl groups is 1. The quantitative estimate of drug-likeness (QED) is 0.700.